The van der Waals surface area contributed by atoms with E-state index in [9.17, 15) is 5.26 Å². The Balaban J connectivity index is 1.50. The SMILES string of the molecule is N#Cc1cc(NCc2cccc(CN3CCOCC3)c2)c2ccccc2n1. The zero-order chi connectivity index (χ0) is 18.5. The standard InChI is InChI=1S/C22H22N4O/c23-14-19-13-22(20-6-1-2-7-21(20)25-19)24-15-17-4-3-5-18(12-17)16-26-8-10-27-11-9-26/h1-7,12-13H,8-11,15-16H2,(H,24,25). The third-order valence-electron chi connectivity index (χ3n) is 4.81. The monoisotopic (exact) mass is 358 g/mol. The van der Waals surface area contributed by atoms with Crippen LogP contribution < -0.4 is 5.32 Å². The second-order valence-corrected chi connectivity index (χ2v) is 6.75. The predicted molar refractivity (Wildman–Crippen MR) is 106 cm³/mol. The zero-order valence-electron chi connectivity index (χ0n) is 15.2. The van der Waals surface area contributed by atoms with E-state index in [1.54, 1.807) is 0 Å². The summed E-state index contributed by atoms with van der Waals surface area (Å²) < 4.78 is 5.42. The number of nitrogens with zero attached hydrogens (tertiary/aromatic N) is 3. The second-order valence-electron chi connectivity index (χ2n) is 6.75. The number of morpholine rings is 1. The van der Waals surface area contributed by atoms with Gasteiger partial charge in [-0.2, -0.15) is 5.26 Å². The summed E-state index contributed by atoms with van der Waals surface area (Å²) in [6.45, 7) is 5.27. The van der Waals surface area contributed by atoms with E-state index in [-0.39, 0.29) is 0 Å². The van der Waals surface area contributed by atoms with Crippen molar-refractivity contribution in [3.8, 4) is 6.07 Å². The van der Waals surface area contributed by atoms with Crippen molar-refractivity contribution in [1.29, 1.82) is 5.26 Å². The normalized spacial score (nSPS) is 14.8. The van der Waals surface area contributed by atoms with Crippen LogP contribution in [0.4, 0.5) is 5.69 Å². The van der Waals surface area contributed by atoms with Crippen molar-refractivity contribution < 1.29 is 4.74 Å². The molecule has 0 amide bonds. The first kappa shape index (κ1) is 17.5. The first-order valence-electron chi connectivity index (χ1n) is 9.23. The topological polar surface area (TPSA) is 61.2 Å². The molecule has 136 valence electrons. The van der Waals surface area contributed by atoms with Crippen LogP contribution in [0.2, 0.25) is 0 Å². The molecule has 4 rings (SSSR count). The summed E-state index contributed by atoms with van der Waals surface area (Å²) in [5.41, 5.74) is 4.74. The molecule has 0 unspecified atom stereocenters. The van der Waals surface area contributed by atoms with E-state index in [2.05, 4.69) is 45.5 Å². The molecule has 0 atom stereocenters. The van der Waals surface area contributed by atoms with Crippen molar-refractivity contribution >= 4 is 16.6 Å². The van der Waals surface area contributed by atoms with Crippen LogP contribution in [-0.4, -0.2) is 36.2 Å². The van der Waals surface area contributed by atoms with Gasteiger partial charge in [0.1, 0.15) is 11.8 Å². The minimum atomic E-state index is 0.428. The van der Waals surface area contributed by atoms with Crippen LogP contribution in [-0.2, 0) is 17.8 Å². The number of hydrogen-bond acceptors (Lipinski definition) is 5. The Kier molecular flexibility index (Phi) is 5.29. The van der Waals surface area contributed by atoms with E-state index >= 15 is 0 Å². The highest BCUT2D eigenvalue weighted by atomic mass is 16.5. The summed E-state index contributed by atoms with van der Waals surface area (Å²) >= 11 is 0. The maximum absolute atomic E-state index is 9.25. The zero-order valence-corrected chi connectivity index (χ0v) is 15.2. The molecule has 2 heterocycles. The number of ether oxygens (including phenoxy) is 1. The Bertz CT molecular complexity index is 973. The van der Waals surface area contributed by atoms with Crippen molar-refractivity contribution in [3.63, 3.8) is 0 Å². The molecule has 0 radical (unpaired) electrons. The minimum absolute atomic E-state index is 0.428. The van der Waals surface area contributed by atoms with Crippen LogP contribution in [0.15, 0.2) is 54.6 Å². The van der Waals surface area contributed by atoms with Crippen molar-refractivity contribution in [1.82, 2.24) is 9.88 Å². The largest absolute Gasteiger partial charge is 0.380 e. The molecule has 0 spiro atoms. The molecular weight excluding hydrogens is 336 g/mol. The molecule has 0 saturated carbocycles. The molecule has 3 aromatic rings. The lowest BCUT2D eigenvalue weighted by Gasteiger charge is -2.26. The fourth-order valence-electron chi connectivity index (χ4n) is 3.43. The number of benzene rings is 2. The van der Waals surface area contributed by atoms with Crippen LogP contribution in [0.1, 0.15) is 16.8 Å². The first-order valence-corrected chi connectivity index (χ1v) is 9.23. The molecule has 1 aromatic heterocycles. The van der Waals surface area contributed by atoms with Crippen molar-refractivity contribution in [2.45, 2.75) is 13.1 Å². The average molecular weight is 358 g/mol. The highest BCUT2D eigenvalue weighted by Gasteiger charge is 2.11. The van der Waals surface area contributed by atoms with Gasteiger partial charge in [0.15, 0.2) is 0 Å². The highest BCUT2D eigenvalue weighted by molar-refractivity contribution is 5.91. The second kappa shape index (κ2) is 8.17. The Morgan fingerprint density at radius 3 is 2.70 bits per heavy atom. The molecule has 0 bridgehead atoms. The Morgan fingerprint density at radius 2 is 1.85 bits per heavy atom. The van der Waals surface area contributed by atoms with Crippen LogP contribution in [0.3, 0.4) is 0 Å². The van der Waals surface area contributed by atoms with E-state index in [0.717, 1.165) is 49.4 Å². The van der Waals surface area contributed by atoms with Gasteiger partial charge in [-0.1, -0.05) is 42.5 Å². The van der Waals surface area contributed by atoms with Gasteiger partial charge in [-0.3, -0.25) is 4.90 Å². The number of nitrogens with one attached hydrogen (secondary N) is 1. The van der Waals surface area contributed by atoms with Gasteiger partial charge in [0.05, 0.1) is 18.7 Å². The van der Waals surface area contributed by atoms with Gasteiger partial charge in [0, 0.05) is 37.3 Å². The summed E-state index contributed by atoms with van der Waals surface area (Å²) in [6.07, 6.45) is 0. The summed E-state index contributed by atoms with van der Waals surface area (Å²) in [5.74, 6) is 0. The number of hydrogen-bond donors (Lipinski definition) is 1. The van der Waals surface area contributed by atoms with Gasteiger partial charge >= 0.3 is 0 Å². The van der Waals surface area contributed by atoms with Gasteiger partial charge in [0.2, 0.25) is 0 Å². The number of aromatic nitrogens is 1. The molecule has 1 N–H and O–H groups in total. The Hall–Kier alpha value is -2.94. The average Bonchev–Trinajstić information content (AvgIpc) is 2.73. The third kappa shape index (κ3) is 4.25. The number of rotatable bonds is 5. The Labute approximate surface area is 159 Å². The molecule has 1 fully saturated rings. The van der Waals surface area contributed by atoms with Gasteiger partial charge in [-0.15, -0.1) is 0 Å². The van der Waals surface area contributed by atoms with E-state index in [0.29, 0.717) is 12.2 Å². The molecule has 27 heavy (non-hydrogen) atoms. The predicted octanol–water partition coefficient (Wildman–Crippen LogP) is 3.55. The first-order chi connectivity index (χ1) is 13.3. The Morgan fingerprint density at radius 1 is 1.04 bits per heavy atom. The maximum Gasteiger partial charge on any atom is 0.143 e. The van der Waals surface area contributed by atoms with Gasteiger partial charge in [-0.25, -0.2) is 4.98 Å². The lowest BCUT2D eigenvalue weighted by Crippen LogP contribution is -2.35. The van der Waals surface area contributed by atoms with Crippen molar-refractivity contribution in [2.24, 2.45) is 0 Å². The van der Waals surface area contributed by atoms with E-state index < -0.39 is 0 Å². The summed E-state index contributed by atoms with van der Waals surface area (Å²) in [7, 11) is 0. The number of anilines is 1. The minimum Gasteiger partial charge on any atom is -0.380 e. The van der Waals surface area contributed by atoms with Crippen molar-refractivity contribution in [3.05, 3.63) is 71.4 Å². The smallest absolute Gasteiger partial charge is 0.143 e. The van der Waals surface area contributed by atoms with E-state index in [4.69, 9.17) is 4.74 Å². The molecular formula is C22H22N4O. The molecule has 2 aromatic carbocycles. The third-order valence-corrected chi connectivity index (χ3v) is 4.81. The lowest BCUT2D eigenvalue weighted by molar-refractivity contribution is 0.0342. The van der Waals surface area contributed by atoms with Crippen LogP contribution in [0, 0.1) is 11.3 Å². The van der Waals surface area contributed by atoms with Crippen LogP contribution in [0.25, 0.3) is 10.9 Å². The highest BCUT2D eigenvalue weighted by Crippen LogP contribution is 2.23. The van der Waals surface area contributed by atoms with Gasteiger partial charge in [0.25, 0.3) is 0 Å². The summed E-state index contributed by atoms with van der Waals surface area (Å²) in [4.78, 5) is 6.79. The fourth-order valence-corrected chi connectivity index (χ4v) is 3.43. The molecule has 5 heteroatoms. The van der Waals surface area contributed by atoms with Gasteiger partial charge in [-0.05, 0) is 23.3 Å². The molecule has 1 aliphatic rings. The molecule has 1 aliphatic heterocycles. The quantitative estimate of drug-likeness (QED) is 0.756. The summed E-state index contributed by atoms with van der Waals surface area (Å²) in [5, 5.41) is 13.8. The number of para-hydroxylation sites is 1. The maximum atomic E-state index is 9.25. The van der Waals surface area contributed by atoms with Crippen LogP contribution in [0.5, 0.6) is 0 Å². The number of pyridine rings is 1. The fraction of sp³-hybridized carbons (Fsp3) is 0.273. The van der Waals surface area contributed by atoms with Gasteiger partial charge < -0.3 is 10.1 Å². The number of fused-ring (bicyclic) bond motifs is 1. The van der Waals surface area contributed by atoms with E-state index in [1.807, 2.05) is 30.3 Å². The van der Waals surface area contributed by atoms with E-state index in [1.165, 1.54) is 11.1 Å². The number of nitriles is 1. The van der Waals surface area contributed by atoms with Crippen LogP contribution >= 0.6 is 0 Å². The molecule has 5 nitrogen and oxygen atoms in total. The lowest BCUT2D eigenvalue weighted by atomic mass is 10.1. The molecule has 0 aliphatic carbocycles. The molecule has 1 saturated heterocycles. The van der Waals surface area contributed by atoms with Crippen molar-refractivity contribution in [2.75, 3.05) is 31.6 Å². The summed E-state index contributed by atoms with van der Waals surface area (Å²) in [6, 6.07) is 20.5.